The van der Waals surface area contributed by atoms with Gasteiger partial charge in [-0.2, -0.15) is 0 Å². The monoisotopic (exact) mass is 345 g/mol. The maximum atomic E-state index is 12.4. The smallest absolute Gasteiger partial charge is 0.306 e. The van der Waals surface area contributed by atoms with Crippen LogP contribution in [0.3, 0.4) is 0 Å². The van der Waals surface area contributed by atoms with E-state index in [0.717, 1.165) is 4.68 Å². The number of fused-ring (bicyclic) bond motifs is 1. The van der Waals surface area contributed by atoms with Crippen molar-refractivity contribution in [1.29, 1.82) is 0 Å². The van der Waals surface area contributed by atoms with Crippen molar-refractivity contribution >= 4 is 22.6 Å². The molecule has 2 aromatic rings. The van der Waals surface area contributed by atoms with E-state index in [4.69, 9.17) is 5.11 Å². The van der Waals surface area contributed by atoms with Crippen molar-refractivity contribution in [2.24, 2.45) is 5.92 Å². The Bertz CT molecular complexity index is 930. The van der Waals surface area contributed by atoms with Crippen molar-refractivity contribution in [2.45, 2.75) is 38.3 Å². The number of nitrogens with zero attached hydrogens (tertiary/aromatic N) is 1. The van der Waals surface area contributed by atoms with Crippen LogP contribution in [0, 0.1) is 5.92 Å². The van der Waals surface area contributed by atoms with E-state index in [2.05, 4.69) is 10.4 Å². The van der Waals surface area contributed by atoms with Gasteiger partial charge >= 0.3 is 5.97 Å². The molecule has 0 bridgehead atoms. The lowest BCUT2D eigenvalue weighted by molar-refractivity contribution is -0.141. The lowest BCUT2D eigenvalue weighted by Crippen LogP contribution is -2.36. The summed E-state index contributed by atoms with van der Waals surface area (Å²) in [5.74, 6) is -1.52. The van der Waals surface area contributed by atoms with E-state index in [1.165, 1.54) is 0 Å². The normalized spacial score (nSPS) is 19.8. The average molecular weight is 345 g/mol. The van der Waals surface area contributed by atoms with E-state index < -0.39 is 11.9 Å². The summed E-state index contributed by atoms with van der Waals surface area (Å²) in [4.78, 5) is 47.3. The Morgan fingerprint density at radius 2 is 1.92 bits per heavy atom. The molecule has 1 amide bonds. The number of rotatable bonds is 5. The Balaban J connectivity index is 1.64. The molecule has 8 nitrogen and oxygen atoms in total. The standard InChI is InChI=1S/C17H19N3O5/c21-14(18-11-6-5-10(9-11)17(24)25)7-8-20-16(23)13-4-2-1-3-12(13)15(22)19-20/h1-4,10-11H,5-9H2,(H,18,21)(H,19,22)(H,24,25)/t10-,11+/m1/s1. The van der Waals surface area contributed by atoms with E-state index in [-0.39, 0.29) is 36.0 Å². The SMILES string of the molecule is O=C(CCn1[nH]c(=O)c2ccccc2c1=O)N[C@H]1CC[C@@H](C(=O)O)C1. The number of carbonyl (C=O) groups is 2. The molecule has 0 unspecified atom stereocenters. The molecular weight excluding hydrogens is 326 g/mol. The second-order valence-corrected chi connectivity index (χ2v) is 6.31. The fourth-order valence-electron chi connectivity index (χ4n) is 3.25. The Kier molecular flexibility index (Phi) is 4.69. The largest absolute Gasteiger partial charge is 0.481 e. The van der Waals surface area contributed by atoms with Gasteiger partial charge in [0.1, 0.15) is 0 Å². The van der Waals surface area contributed by atoms with Gasteiger partial charge in [0.05, 0.1) is 23.2 Å². The molecule has 1 aliphatic rings. The summed E-state index contributed by atoms with van der Waals surface area (Å²) in [5, 5.41) is 14.9. The number of H-pyrrole nitrogens is 1. The van der Waals surface area contributed by atoms with Gasteiger partial charge in [0, 0.05) is 12.5 Å². The van der Waals surface area contributed by atoms with Gasteiger partial charge in [-0.3, -0.25) is 24.3 Å². The van der Waals surface area contributed by atoms with Gasteiger partial charge in [-0.05, 0) is 31.4 Å². The van der Waals surface area contributed by atoms with E-state index in [0.29, 0.717) is 30.0 Å². The molecule has 1 aromatic heterocycles. The highest BCUT2D eigenvalue weighted by Gasteiger charge is 2.30. The number of aryl methyl sites for hydroxylation is 1. The molecule has 132 valence electrons. The van der Waals surface area contributed by atoms with Crippen LogP contribution in [-0.2, 0) is 16.1 Å². The Morgan fingerprint density at radius 1 is 1.20 bits per heavy atom. The zero-order chi connectivity index (χ0) is 18.0. The molecule has 1 heterocycles. The number of amides is 1. The summed E-state index contributed by atoms with van der Waals surface area (Å²) >= 11 is 0. The molecule has 1 aromatic carbocycles. The average Bonchev–Trinajstić information content (AvgIpc) is 3.05. The zero-order valence-corrected chi connectivity index (χ0v) is 13.5. The summed E-state index contributed by atoms with van der Waals surface area (Å²) in [5.41, 5.74) is -0.731. The van der Waals surface area contributed by atoms with Crippen LogP contribution >= 0.6 is 0 Å². The van der Waals surface area contributed by atoms with Gasteiger partial charge in [0.25, 0.3) is 11.1 Å². The van der Waals surface area contributed by atoms with Crippen molar-refractivity contribution in [2.75, 3.05) is 0 Å². The molecule has 3 N–H and O–H groups in total. The third-order valence-corrected chi connectivity index (χ3v) is 4.59. The second-order valence-electron chi connectivity index (χ2n) is 6.31. The molecule has 1 fully saturated rings. The van der Waals surface area contributed by atoms with E-state index >= 15 is 0 Å². The first kappa shape index (κ1) is 16.9. The van der Waals surface area contributed by atoms with Gasteiger partial charge in [-0.15, -0.1) is 0 Å². The molecule has 25 heavy (non-hydrogen) atoms. The van der Waals surface area contributed by atoms with Gasteiger partial charge in [0.2, 0.25) is 5.91 Å². The highest BCUT2D eigenvalue weighted by Crippen LogP contribution is 2.25. The summed E-state index contributed by atoms with van der Waals surface area (Å²) in [6.07, 6.45) is 1.64. The highest BCUT2D eigenvalue weighted by atomic mass is 16.4. The quantitative estimate of drug-likeness (QED) is 0.726. The summed E-state index contributed by atoms with van der Waals surface area (Å²) < 4.78 is 1.14. The van der Waals surface area contributed by atoms with Gasteiger partial charge in [-0.1, -0.05) is 12.1 Å². The second kappa shape index (κ2) is 6.92. The topological polar surface area (TPSA) is 121 Å². The highest BCUT2D eigenvalue weighted by molar-refractivity contribution is 5.80. The van der Waals surface area contributed by atoms with Crippen molar-refractivity contribution < 1.29 is 14.7 Å². The molecule has 1 saturated carbocycles. The van der Waals surface area contributed by atoms with Gasteiger partial charge < -0.3 is 10.4 Å². The number of aliphatic carboxylic acids is 1. The molecule has 0 radical (unpaired) electrons. The minimum absolute atomic E-state index is 0.0302. The lowest BCUT2D eigenvalue weighted by atomic mass is 10.1. The fourth-order valence-corrected chi connectivity index (χ4v) is 3.25. The van der Waals surface area contributed by atoms with E-state index in [9.17, 15) is 19.2 Å². The number of benzene rings is 1. The summed E-state index contributed by atoms with van der Waals surface area (Å²) in [7, 11) is 0. The molecule has 1 aliphatic carbocycles. The zero-order valence-electron chi connectivity index (χ0n) is 13.5. The van der Waals surface area contributed by atoms with Crippen molar-refractivity contribution in [3.05, 3.63) is 45.0 Å². The third kappa shape index (κ3) is 3.62. The molecule has 0 saturated heterocycles. The Hall–Kier alpha value is -2.90. The number of carboxylic acids is 1. The molecule has 0 aliphatic heterocycles. The predicted octanol–water partition coefficient (Wildman–Crippen LogP) is 0.449. The van der Waals surface area contributed by atoms with Crippen LogP contribution in [0.4, 0.5) is 0 Å². The number of hydrogen-bond donors (Lipinski definition) is 3. The Labute approximate surface area is 142 Å². The van der Waals surface area contributed by atoms with Crippen LogP contribution in [-0.4, -0.2) is 32.8 Å². The number of hydrogen-bond acceptors (Lipinski definition) is 4. The first-order valence-corrected chi connectivity index (χ1v) is 8.19. The van der Waals surface area contributed by atoms with Crippen molar-refractivity contribution in [1.82, 2.24) is 15.1 Å². The molecular formula is C17H19N3O5. The third-order valence-electron chi connectivity index (χ3n) is 4.59. The fraction of sp³-hybridized carbons (Fsp3) is 0.412. The van der Waals surface area contributed by atoms with Crippen LogP contribution in [0.1, 0.15) is 25.7 Å². The minimum Gasteiger partial charge on any atom is -0.481 e. The van der Waals surface area contributed by atoms with Gasteiger partial charge in [-0.25, -0.2) is 4.68 Å². The minimum atomic E-state index is -0.836. The molecule has 0 spiro atoms. The molecule has 2 atom stereocenters. The Morgan fingerprint density at radius 3 is 2.60 bits per heavy atom. The number of nitrogens with one attached hydrogen (secondary N) is 2. The predicted molar refractivity (Wildman–Crippen MR) is 90.4 cm³/mol. The summed E-state index contributed by atoms with van der Waals surface area (Å²) in [6, 6.07) is 6.36. The maximum Gasteiger partial charge on any atom is 0.306 e. The molecule has 8 heteroatoms. The van der Waals surface area contributed by atoms with Crippen LogP contribution in [0.2, 0.25) is 0 Å². The molecule has 3 rings (SSSR count). The van der Waals surface area contributed by atoms with Crippen LogP contribution in [0.15, 0.2) is 33.9 Å². The van der Waals surface area contributed by atoms with Crippen LogP contribution in [0.25, 0.3) is 10.8 Å². The first-order valence-electron chi connectivity index (χ1n) is 8.19. The number of carboxylic acid groups (broad SMARTS) is 1. The first-order chi connectivity index (χ1) is 12.0. The number of carbonyl (C=O) groups excluding carboxylic acids is 1. The maximum absolute atomic E-state index is 12.4. The summed E-state index contributed by atoms with van der Waals surface area (Å²) in [6.45, 7) is 0.0554. The van der Waals surface area contributed by atoms with Crippen molar-refractivity contribution in [3.8, 4) is 0 Å². The lowest BCUT2D eigenvalue weighted by Gasteiger charge is -2.13. The number of aromatic nitrogens is 2. The van der Waals surface area contributed by atoms with E-state index in [1.54, 1.807) is 24.3 Å². The van der Waals surface area contributed by atoms with Crippen LogP contribution < -0.4 is 16.4 Å². The van der Waals surface area contributed by atoms with E-state index in [1.807, 2.05) is 0 Å². The van der Waals surface area contributed by atoms with Crippen molar-refractivity contribution in [3.63, 3.8) is 0 Å². The number of aromatic amines is 1. The van der Waals surface area contributed by atoms with Gasteiger partial charge in [0.15, 0.2) is 0 Å². The van der Waals surface area contributed by atoms with Crippen LogP contribution in [0.5, 0.6) is 0 Å².